The number of rotatable bonds is 5. The van der Waals surface area contributed by atoms with Crippen LogP contribution < -0.4 is 0 Å². The third-order valence-corrected chi connectivity index (χ3v) is 2.47. The minimum Gasteiger partial charge on any atom is -0.460 e. The molecular weight excluding hydrogens is 218 g/mol. The van der Waals surface area contributed by atoms with Crippen LogP contribution in [0.1, 0.15) is 17.3 Å². The topological polar surface area (TPSA) is 51.3 Å². The Hall–Kier alpha value is -1.81. The van der Waals surface area contributed by atoms with Gasteiger partial charge in [0.25, 0.3) is 0 Å². The van der Waals surface area contributed by atoms with Gasteiger partial charge in [-0.1, -0.05) is 18.2 Å². The number of H-pyrrole nitrogens is 1. The van der Waals surface area contributed by atoms with Crippen molar-refractivity contribution in [1.29, 1.82) is 0 Å². The van der Waals surface area contributed by atoms with Crippen molar-refractivity contribution in [1.82, 2.24) is 4.98 Å². The molecule has 1 heterocycles. The van der Waals surface area contributed by atoms with E-state index in [2.05, 4.69) is 4.98 Å². The van der Waals surface area contributed by atoms with E-state index in [4.69, 9.17) is 9.47 Å². The number of benzene rings is 1. The van der Waals surface area contributed by atoms with Crippen LogP contribution in [0.25, 0.3) is 10.9 Å². The van der Waals surface area contributed by atoms with Crippen LogP contribution in [0.3, 0.4) is 0 Å². The summed E-state index contributed by atoms with van der Waals surface area (Å²) < 4.78 is 10.2. The molecule has 0 saturated heterocycles. The molecule has 4 heteroatoms. The zero-order valence-electron chi connectivity index (χ0n) is 9.73. The van der Waals surface area contributed by atoms with Crippen LogP contribution in [0.2, 0.25) is 0 Å². The van der Waals surface area contributed by atoms with Crippen LogP contribution in [0.15, 0.2) is 30.5 Å². The quantitative estimate of drug-likeness (QED) is 0.637. The van der Waals surface area contributed by atoms with Crippen molar-refractivity contribution in [3.8, 4) is 0 Å². The smallest absolute Gasteiger partial charge is 0.340 e. The maximum Gasteiger partial charge on any atom is 0.340 e. The van der Waals surface area contributed by atoms with E-state index in [1.165, 1.54) is 0 Å². The average molecular weight is 233 g/mol. The van der Waals surface area contributed by atoms with Gasteiger partial charge in [0.05, 0.1) is 12.2 Å². The van der Waals surface area contributed by atoms with E-state index in [0.29, 0.717) is 18.8 Å². The predicted octanol–water partition coefficient (Wildman–Crippen LogP) is 2.36. The largest absolute Gasteiger partial charge is 0.460 e. The van der Waals surface area contributed by atoms with Gasteiger partial charge in [-0.05, 0) is 13.0 Å². The van der Waals surface area contributed by atoms with Crippen LogP contribution in [-0.4, -0.2) is 30.8 Å². The molecule has 0 amide bonds. The number of carbonyl (C=O) groups is 1. The van der Waals surface area contributed by atoms with Gasteiger partial charge < -0.3 is 14.5 Å². The molecule has 0 radical (unpaired) electrons. The molecule has 90 valence electrons. The van der Waals surface area contributed by atoms with Crippen molar-refractivity contribution in [2.24, 2.45) is 0 Å². The summed E-state index contributed by atoms with van der Waals surface area (Å²) in [6, 6.07) is 7.63. The van der Waals surface area contributed by atoms with Crippen LogP contribution in [0, 0.1) is 0 Å². The Bertz CT molecular complexity index is 504. The highest BCUT2D eigenvalue weighted by Crippen LogP contribution is 2.18. The van der Waals surface area contributed by atoms with Crippen LogP contribution in [0.5, 0.6) is 0 Å². The molecule has 0 atom stereocenters. The Kier molecular flexibility index (Phi) is 3.77. The maximum atomic E-state index is 11.8. The van der Waals surface area contributed by atoms with Gasteiger partial charge in [0.2, 0.25) is 0 Å². The van der Waals surface area contributed by atoms with Crippen molar-refractivity contribution < 1.29 is 14.3 Å². The minimum absolute atomic E-state index is 0.284. The molecule has 2 aromatic rings. The number of aromatic amines is 1. The third-order valence-electron chi connectivity index (χ3n) is 2.47. The minimum atomic E-state index is -0.317. The second-order valence-electron chi connectivity index (χ2n) is 3.58. The number of para-hydroxylation sites is 1. The molecule has 0 aliphatic carbocycles. The first kappa shape index (κ1) is 11.7. The normalized spacial score (nSPS) is 10.6. The zero-order chi connectivity index (χ0) is 12.1. The molecule has 0 spiro atoms. The van der Waals surface area contributed by atoms with Gasteiger partial charge in [0.15, 0.2) is 0 Å². The second kappa shape index (κ2) is 5.50. The second-order valence-corrected chi connectivity index (χ2v) is 3.58. The third kappa shape index (κ3) is 2.65. The van der Waals surface area contributed by atoms with E-state index in [9.17, 15) is 4.79 Å². The molecule has 0 bridgehead atoms. The summed E-state index contributed by atoms with van der Waals surface area (Å²) in [4.78, 5) is 14.8. The molecule has 4 nitrogen and oxygen atoms in total. The SMILES string of the molecule is CCOCCOC(=O)c1c[nH]c2ccccc12. The van der Waals surface area contributed by atoms with E-state index in [-0.39, 0.29) is 12.6 Å². The van der Waals surface area contributed by atoms with Gasteiger partial charge in [-0.15, -0.1) is 0 Å². The number of carbonyl (C=O) groups excluding carboxylic acids is 1. The van der Waals surface area contributed by atoms with Gasteiger partial charge in [-0.3, -0.25) is 0 Å². The standard InChI is InChI=1S/C13H15NO3/c1-2-16-7-8-17-13(15)11-9-14-12-6-4-3-5-10(11)12/h3-6,9,14H,2,7-8H2,1H3. The molecule has 0 unspecified atom stereocenters. The van der Waals surface area contributed by atoms with E-state index in [1.54, 1.807) is 6.20 Å². The van der Waals surface area contributed by atoms with Crippen LogP contribution >= 0.6 is 0 Å². The van der Waals surface area contributed by atoms with Crippen molar-refractivity contribution in [3.05, 3.63) is 36.0 Å². The molecule has 0 aliphatic heterocycles. The predicted molar refractivity (Wildman–Crippen MR) is 65.1 cm³/mol. The fourth-order valence-corrected chi connectivity index (χ4v) is 1.66. The highest BCUT2D eigenvalue weighted by atomic mass is 16.6. The highest BCUT2D eigenvalue weighted by Gasteiger charge is 2.12. The number of hydrogen-bond donors (Lipinski definition) is 1. The lowest BCUT2D eigenvalue weighted by Gasteiger charge is -2.03. The Morgan fingerprint density at radius 1 is 1.29 bits per heavy atom. The van der Waals surface area contributed by atoms with E-state index >= 15 is 0 Å². The fourth-order valence-electron chi connectivity index (χ4n) is 1.66. The number of nitrogens with one attached hydrogen (secondary N) is 1. The lowest BCUT2D eigenvalue weighted by atomic mass is 10.2. The maximum absolute atomic E-state index is 11.8. The Balaban J connectivity index is 2.04. The first-order valence-corrected chi connectivity index (χ1v) is 5.64. The lowest BCUT2D eigenvalue weighted by Crippen LogP contribution is -2.10. The van der Waals surface area contributed by atoms with Gasteiger partial charge in [-0.25, -0.2) is 4.79 Å². The molecule has 1 aromatic carbocycles. The molecule has 0 aliphatic rings. The molecule has 0 fully saturated rings. The number of aromatic nitrogens is 1. The Labute approximate surface area is 99.5 Å². The fraction of sp³-hybridized carbons (Fsp3) is 0.308. The summed E-state index contributed by atoms with van der Waals surface area (Å²) in [7, 11) is 0. The summed E-state index contributed by atoms with van der Waals surface area (Å²) in [5.41, 5.74) is 1.50. The number of ether oxygens (including phenoxy) is 2. The Morgan fingerprint density at radius 2 is 2.12 bits per heavy atom. The average Bonchev–Trinajstić information content (AvgIpc) is 2.78. The molecular formula is C13H15NO3. The summed E-state index contributed by atoms with van der Waals surface area (Å²) >= 11 is 0. The monoisotopic (exact) mass is 233 g/mol. The number of fused-ring (bicyclic) bond motifs is 1. The van der Waals surface area contributed by atoms with Gasteiger partial charge in [-0.2, -0.15) is 0 Å². The van der Waals surface area contributed by atoms with E-state index < -0.39 is 0 Å². The first-order valence-electron chi connectivity index (χ1n) is 5.64. The van der Waals surface area contributed by atoms with Gasteiger partial charge in [0, 0.05) is 23.7 Å². The zero-order valence-corrected chi connectivity index (χ0v) is 9.73. The van der Waals surface area contributed by atoms with Crippen molar-refractivity contribution in [3.63, 3.8) is 0 Å². The van der Waals surface area contributed by atoms with Crippen molar-refractivity contribution in [2.45, 2.75) is 6.92 Å². The number of hydrogen-bond acceptors (Lipinski definition) is 3. The number of esters is 1. The Morgan fingerprint density at radius 3 is 2.94 bits per heavy atom. The highest BCUT2D eigenvalue weighted by molar-refractivity contribution is 6.03. The summed E-state index contributed by atoms with van der Waals surface area (Å²) in [5.74, 6) is -0.317. The van der Waals surface area contributed by atoms with E-state index in [0.717, 1.165) is 10.9 Å². The molecule has 1 aromatic heterocycles. The molecule has 0 saturated carbocycles. The van der Waals surface area contributed by atoms with E-state index in [1.807, 2.05) is 31.2 Å². The lowest BCUT2D eigenvalue weighted by molar-refractivity contribution is 0.0337. The summed E-state index contributed by atoms with van der Waals surface area (Å²) in [5, 5.41) is 0.883. The molecule has 1 N–H and O–H groups in total. The van der Waals surface area contributed by atoms with Gasteiger partial charge in [0.1, 0.15) is 6.61 Å². The van der Waals surface area contributed by atoms with Crippen LogP contribution in [0.4, 0.5) is 0 Å². The van der Waals surface area contributed by atoms with Gasteiger partial charge >= 0.3 is 5.97 Å². The summed E-state index contributed by atoms with van der Waals surface area (Å²) in [6.07, 6.45) is 1.67. The summed E-state index contributed by atoms with van der Waals surface area (Å²) in [6.45, 7) is 3.25. The van der Waals surface area contributed by atoms with Crippen molar-refractivity contribution >= 4 is 16.9 Å². The first-order chi connectivity index (χ1) is 8.33. The molecule has 2 rings (SSSR count). The molecule has 17 heavy (non-hydrogen) atoms. The van der Waals surface area contributed by atoms with Crippen molar-refractivity contribution in [2.75, 3.05) is 19.8 Å². The van der Waals surface area contributed by atoms with Crippen LogP contribution in [-0.2, 0) is 9.47 Å².